The maximum absolute atomic E-state index is 12.5. The van der Waals surface area contributed by atoms with E-state index in [4.69, 9.17) is 25.8 Å². The normalized spacial score (nSPS) is 14.4. The van der Waals surface area contributed by atoms with Crippen LogP contribution in [0.15, 0.2) is 41.3 Å². The van der Waals surface area contributed by atoms with Gasteiger partial charge in [0.1, 0.15) is 12.3 Å². The number of carbonyl (C=O) groups is 4. The predicted octanol–water partition coefficient (Wildman–Crippen LogP) is 3.79. The number of benzene rings is 2. The van der Waals surface area contributed by atoms with Gasteiger partial charge in [0.25, 0.3) is 11.1 Å². The minimum Gasteiger partial charge on any atom is -0.497 e. The highest BCUT2D eigenvalue weighted by atomic mass is 35.5. The summed E-state index contributed by atoms with van der Waals surface area (Å²) < 4.78 is 20.3. The number of ether oxygens (including phenoxy) is 4. The van der Waals surface area contributed by atoms with Crippen LogP contribution in [-0.2, 0) is 14.3 Å². The third-order valence-corrected chi connectivity index (χ3v) is 5.65. The highest BCUT2D eigenvalue weighted by Crippen LogP contribution is 2.39. The number of amides is 2. The van der Waals surface area contributed by atoms with E-state index < -0.39 is 29.6 Å². The van der Waals surface area contributed by atoms with Crippen molar-refractivity contribution in [3.05, 3.63) is 57.5 Å². The highest BCUT2D eigenvalue weighted by molar-refractivity contribution is 8.18. The number of halogens is 1. The molecular formula is C22H18ClNO8S. The Balaban J connectivity index is 1.84. The van der Waals surface area contributed by atoms with Crippen molar-refractivity contribution in [3.8, 4) is 17.2 Å². The molecule has 0 bridgehead atoms. The van der Waals surface area contributed by atoms with Gasteiger partial charge in [-0.05, 0) is 59.8 Å². The molecule has 1 heterocycles. The Hall–Kier alpha value is -3.50. The van der Waals surface area contributed by atoms with Crippen molar-refractivity contribution in [2.75, 3.05) is 27.9 Å². The molecule has 172 valence electrons. The predicted molar refractivity (Wildman–Crippen MR) is 121 cm³/mol. The van der Waals surface area contributed by atoms with Crippen molar-refractivity contribution in [1.29, 1.82) is 0 Å². The van der Waals surface area contributed by atoms with E-state index in [2.05, 4.69) is 4.74 Å². The maximum atomic E-state index is 12.5. The molecule has 9 nitrogen and oxygen atoms in total. The average molecular weight is 492 g/mol. The summed E-state index contributed by atoms with van der Waals surface area (Å²) in [5.41, 5.74) is 0.696. The SMILES string of the molecule is COC(=O)CN1C(=O)S/C(=C\c2cc(Cl)c(OC(=O)c3ccc(OC)cc3)c(OC)c2)C1=O. The monoisotopic (exact) mass is 491 g/mol. The molecule has 1 aliphatic rings. The lowest BCUT2D eigenvalue weighted by Crippen LogP contribution is -2.34. The van der Waals surface area contributed by atoms with E-state index in [9.17, 15) is 19.2 Å². The molecule has 2 aromatic rings. The first-order valence-corrected chi connectivity index (χ1v) is 10.5. The number of thioether (sulfide) groups is 1. The molecule has 1 saturated heterocycles. The molecular weight excluding hydrogens is 474 g/mol. The fourth-order valence-electron chi connectivity index (χ4n) is 2.78. The average Bonchev–Trinajstić information content (AvgIpc) is 3.07. The summed E-state index contributed by atoms with van der Waals surface area (Å²) in [6.07, 6.45) is 1.42. The molecule has 0 N–H and O–H groups in total. The summed E-state index contributed by atoms with van der Waals surface area (Å²) in [6.45, 7) is -0.483. The van der Waals surface area contributed by atoms with E-state index in [1.165, 1.54) is 32.4 Å². The van der Waals surface area contributed by atoms with Gasteiger partial charge >= 0.3 is 11.9 Å². The van der Waals surface area contributed by atoms with Crippen LogP contribution >= 0.6 is 23.4 Å². The standard InChI is InChI=1S/C22H18ClNO8S/c1-29-14-6-4-13(5-7-14)21(27)32-19-15(23)8-12(9-16(19)30-2)10-17-20(26)24(22(28)33-17)11-18(25)31-3/h4-10H,11H2,1-3H3/b17-10-. The summed E-state index contributed by atoms with van der Waals surface area (Å²) in [6, 6.07) is 9.27. The molecule has 0 spiro atoms. The second-order valence-corrected chi connectivity index (χ2v) is 7.90. The van der Waals surface area contributed by atoms with Gasteiger partial charge in [-0.25, -0.2) is 4.79 Å². The van der Waals surface area contributed by atoms with Crippen LogP contribution in [0, 0.1) is 0 Å². The number of rotatable bonds is 7. The van der Waals surface area contributed by atoms with Crippen molar-refractivity contribution in [3.63, 3.8) is 0 Å². The van der Waals surface area contributed by atoms with Crippen molar-refractivity contribution in [2.24, 2.45) is 0 Å². The third-order valence-electron chi connectivity index (χ3n) is 4.46. The van der Waals surface area contributed by atoms with Crippen LogP contribution in [0.1, 0.15) is 15.9 Å². The van der Waals surface area contributed by atoms with Crippen LogP contribution in [0.4, 0.5) is 4.79 Å². The molecule has 2 aromatic carbocycles. The second kappa shape index (κ2) is 10.4. The molecule has 0 radical (unpaired) electrons. The first-order chi connectivity index (χ1) is 15.8. The summed E-state index contributed by atoms with van der Waals surface area (Å²) in [5.74, 6) is -1.29. The lowest BCUT2D eigenvalue weighted by atomic mass is 10.1. The number of hydrogen-bond acceptors (Lipinski definition) is 9. The van der Waals surface area contributed by atoms with Crippen LogP contribution in [0.5, 0.6) is 17.2 Å². The van der Waals surface area contributed by atoms with E-state index in [1.807, 2.05) is 0 Å². The Morgan fingerprint density at radius 3 is 2.36 bits per heavy atom. The number of methoxy groups -OCH3 is 3. The van der Waals surface area contributed by atoms with Crippen LogP contribution in [0.25, 0.3) is 6.08 Å². The highest BCUT2D eigenvalue weighted by Gasteiger charge is 2.36. The van der Waals surface area contributed by atoms with Gasteiger partial charge in [-0.1, -0.05) is 11.6 Å². The lowest BCUT2D eigenvalue weighted by Gasteiger charge is -2.12. The Morgan fingerprint density at radius 2 is 1.76 bits per heavy atom. The van der Waals surface area contributed by atoms with E-state index in [0.29, 0.717) is 23.1 Å². The molecule has 0 unspecified atom stereocenters. The molecule has 0 aliphatic carbocycles. The zero-order valence-corrected chi connectivity index (χ0v) is 19.3. The quantitative estimate of drug-likeness (QED) is 0.324. The molecule has 0 saturated carbocycles. The van der Waals surface area contributed by atoms with Crippen LogP contribution in [0.2, 0.25) is 5.02 Å². The van der Waals surface area contributed by atoms with Gasteiger partial charge in [0.15, 0.2) is 11.5 Å². The Bertz CT molecular complexity index is 1150. The fraction of sp³-hybridized carbons (Fsp3) is 0.182. The number of carbonyl (C=O) groups excluding carboxylic acids is 4. The minimum absolute atomic E-state index is 0.00377. The summed E-state index contributed by atoms with van der Waals surface area (Å²) >= 11 is 7.00. The van der Waals surface area contributed by atoms with Crippen LogP contribution < -0.4 is 14.2 Å². The molecule has 1 aliphatic heterocycles. The zero-order valence-electron chi connectivity index (χ0n) is 17.7. The second-order valence-electron chi connectivity index (χ2n) is 6.50. The fourth-order valence-corrected chi connectivity index (χ4v) is 3.88. The molecule has 0 atom stereocenters. The van der Waals surface area contributed by atoms with Crippen molar-refractivity contribution < 1.29 is 38.1 Å². The number of nitrogens with zero attached hydrogens (tertiary/aromatic N) is 1. The van der Waals surface area contributed by atoms with Crippen LogP contribution in [0.3, 0.4) is 0 Å². The zero-order chi connectivity index (χ0) is 24.1. The van der Waals surface area contributed by atoms with E-state index in [-0.39, 0.29) is 27.0 Å². The van der Waals surface area contributed by atoms with E-state index >= 15 is 0 Å². The maximum Gasteiger partial charge on any atom is 0.343 e. The molecule has 2 amide bonds. The molecule has 33 heavy (non-hydrogen) atoms. The Morgan fingerprint density at radius 1 is 1.06 bits per heavy atom. The van der Waals surface area contributed by atoms with Gasteiger partial charge in [-0.15, -0.1) is 0 Å². The smallest absolute Gasteiger partial charge is 0.343 e. The summed E-state index contributed by atoms with van der Waals surface area (Å²) in [7, 11) is 4.04. The first-order valence-electron chi connectivity index (χ1n) is 9.33. The number of hydrogen-bond donors (Lipinski definition) is 0. The summed E-state index contributed by atoms with van der Waals surface area (Å²) in [4.78, 5) is 49.4. The first kappa shape index (κ1) is 24.1. The van der Waals surface area contributed by atoms with E-state index in [0.717, 1.165) is 12.0 Å². The van der Waals surface area contributed by atoms with Gasteiger partial charge in [0, 0.05) is 0 Å². The van der Waals surface area contributed by atoms with Gasteiger partial charge in [-0.3, -0.25) is 19.3 Å². The molecule has 11 heteroatoms. The van der Waals surface area contributed by atoms with Crippen molar-refractivity contribution >= 4 is 52.5 Å². The van der Waals surface area contributed by atoms with Crippen molar-refractivity contribution in [1.82, 2.24) is 4.90 Å². The Kier molecular flexibility index (Phi) is 7.62. The van der Waals surface area contributed by atoms with Gasteiger partial charge < -0.3 is 18.9 Å². The molecule has 3 rings (SSSR count). The van der Waals surface area contributed by atoms with Crippen LogP contribution in [-0.4, -0.2) is 55.9 Å². The lowest BCUT2D eigenvalue weighted by molar-refractivity contribution is -0.143. The third kappa shape index (κ3) is 5.47. The minimum atomic E-state index is -0.716. The molecule has 0 aromatic heterocycles. The van der Waals surface area contributed by atoms with Gasteiger partial charge in [-0.2, -0.15) is 0 Å². The number of imide groups is 1. The van der Waals surface area contributed by atoms with E-state index in [1.54, 1.807) is 24.3 Å². The summed E-state index contributed by atoms with van der Waals surface area (Å²) in [5, 5.41) is -0.545. The van der Waals surface area contributed by atoms with Gasteiger partial charge in [0.2, 0.25) is 0 Å². The van der Waals surface area contributed by atoms with Gasteiger partial charge in [0.05, 0.1) is 36.8 Å². The van der Waals surface area contributed by atoms with Crippen molar-refractivity contribution in [2.45, 2.75) is 0 Å². The molecule has 1 fully saturated rings. The topological polar surface area (TPSA) is 108 Å². The number of esters is 2. The Labute approximate surface area is 198 Å². The largest absolute Gasteiger partial charge is 0.497 e.